The molecule has 5 rings (SSSR count). The zero-order valence-corrected chi connectivity index (χ0v) is 32.5. The maximum absolute atomic E-state index is 15.7. The number of aryl methyl sites for hydroxylation is 3. The highest BCUT2D eigenvalue weighted by atomic mass is 79.9. The Hall–Kier alpha value is -5.09. The average Bonchev–Trinajstić information content (AvgIpc) is 3.80. The first-order chi connectivity index (χ1) is 26.1. The number of benzene rings is 3. The Morgan fingerprint density at radius 3 is 2.39 bits per heavy atom. The molecule has 0 spiro atoms. The van der Waals surface area contributed by atoms with Gasteiger partial charge in [0.25, 0.3) is 6.33 Å². The van der Waals surface area contributed by atoms with E-state index in [0.717, 1.165) is 12.1 Å². The quantitative estimate of drug-likeness (QED) is 0.0620. The molecule has 56 heavy (non-hydrogen) atoms. The summed E-state index contributed by atoms with van der Waals surface area (Å²) in [7, 11) is 0. The largest absolute Gasteiger partial charge is 1.00 e. The first kappa shape index (κ1) is 43.6. The minimum absolute atomic E-state index is 0. The van der Waals surface area contributed by atoms with E-state index in [9.17, 15) is 27.2 Å². The van der Waals surface area contributed by atoms with Crippen LogP contribution in [-0.4, -0.2) is 45.9 Å². The smallest absolute Gasteiger partial charge is 0.490 e. The van der Waals surface area contributed by atoms with Gasteiger partial charge in [-0.05, 0) is 92.7 Å². The Morgan fingerprint density at radius 1 is 1.07 bits per heavy atom. The van der Waals surface area contributed by atoms with E-state index < -0.39 is 59.8 Å². The van der Waals surface area contributed by atoms with Gasteiger partial charge in [-0.25, -0.2) is 27.9 Å². The first-order valence-corrected chi connectivity index (χ1v) is 17.9. The Labute approximate surface area is 333 Å². The van der Waals surface area contributed by atoms with Crippen LogP contribution < -0.4 is 37.8 Å². The number of aromatic nitrogens is 4. The summed E-state index contributed by atoms with van der Waals surface area (Å²) < 4.78 is 83.9. The van der Waals surface area contributed by atoms with Gasteiger partial charge in [0, 0.05) is 34.1 Å². The van der Waals surface area contributed by atoms with Gasteiger partial charge in [-0.15, -0.1) is 16.4 Å². The van der Waals surface area contributed by atoms with E-state index in [1.54, 1.807) is 60.2 Å². The lowest BCUT2D eigenvalue weighted by molar-refractivity contribution is -0.696. The first-order valence-electron chi connectivity index (χ1n) is 17.0. The molecule has 0 fully saturated rings. The number of nitrogens with two attached hydrogens (primary N) is 2. The molecular formula is C38H37BrF5N7O4S. The molecule has 11 nitrogen and oxygen atoms in total. The summed E-state index contributed by atoms with van der Waals surface area (Å²) in [5.74, 6) is -4.92. The van der Waals surface area contributed by atoms with Gasteiger partial charge in [0.05, 0.1) is 35.3 Å². The fourth-order valence-electron chi connectivity index (χ4n) is 6.11. The number of halogens is 6. The van der Waals surface area contributed by atoms with Crippen LogP contribution in [0.4, 0.5) is 22.0 Å². The number of hydrogen-bond donors (Lipinski definition) is 3. The molecule has 2 heterocycles. The Kier molecular flexibility index (Phi) is 14.6. The van der Waals surface area contributed by atoms with Crippen LogP contribution >= 0.6 is 11.3 Å². The molecule has 3 aromatic carbocycles. The molecule has 5 aromatic rings. The highest BCUT2D eigenvalue weighted by Gasteiger charge is 2.49. The Balaban J connectivity index is 0.00000696. The Morgan fingerprint density at radius 2 is 1.77 bits per heavy atom. The molecule has 18 heteroatoms. The van der Waals surface area contributed by atoms with Crippen LogP contribution in [0.5, 0.6) is 5.75 Å². The highest BCUT2D eigenvalue weighted by Crippen LogP contribution is 2.39. The molecule has 296 valence electrons. The van der Waals surface area contributed by atoms with Crippen molar-refractivity contribution in [3.63, 3.8) is 0 Å². The topological polar surface area (TPSA) is 174 Å². The molecule has 2 aromatic heterocycles. The van der Waals surface area contributed by atoms with Crippen molar-refractivity contribution < 1.29 is 62.6 Å². The van der Waals surface area contributed by atoms with Crippen molar-refractivity contribution >= 4 is 23.3 Å². The third-order valence-electron chi connectivity index (χ3n) is 8.83. The molecule has 0 aliphatic rings. The second-order valence-corrected chi connectivity index (χ2v) is 13.9. The number of ether oxygens (including phenoxy) is 2. The number of alkyl halides is 3. The van der Waals surface area contributed by atoms with E-state index in [-0.39, 0.29) is 35.8 Å². The van der Waals surface area contributed by atoms with E-state index in [2.05, 4.69) is 15.2 Å². The summed E-state index contributed by atoms with van der Waals surface area (Å²) in [4.78, 5) is 29.8. The number of rotatable bonds is 15. The van der Waals surface area contributed by atoms with Crippen LogP contribution in [0.15, 0.2) is 66.3 Å². The maximum atomic E-state index is 15.7. The molecule has 0 saturated heterocycles. The number of nitriles is 1. The molecule has 2 atom stereocenters. The van der Waals surface area contributed by atoms with Crippen LogP contribution in [0.1, 0.15) is 57.9 Å². The molecule has 2 unspecified atom stereocenters. The van der Waals surface area contributed by atoms with Crippen LogP contribution in [0.25, 0.3) is 11.3 Å². The third-order valence-corrected chi connectivity index (χ3v) is 9.74. The molecule has 0 saturated carbocycles. The third kappa shape index (κ3) is 10.6. The summed E-state index contributed by atoms with van der Waals surface area (Å²) in [6.45, 7) is 3.93. The van der Waals surface area contributed by atoms with E-state index in [0.29, 0.717) is 69.7 Å². The second kappa shape index (κ2) is 18.7. The number of hydrogen-bond acceptors (Lipinski definition) is 10. The van der Waals surface area contributed by atoms with Gasteiger partial charge >= 0.3 is 18.1 Å². The minimum atomic E-state index is -5.45. The van der Waals surface area contributed by atoms with Gasteiger partial charge in [-0.2, -0.15) is 18.4 Å². The van der Waals surface area contributed by atoms with E-state index in [1.165, 1.54) is 17.7 Å². The Bertz CT molecular complexity index is 2180. The predicted octanol–water partition coefficient (Wildman–Crippen LogP) is 2.79. The molecule has 5 N–H and O–H groups in total. The normalized spacial score (nSPS) is 12.9. The molecule has 0 bridgehead atoms. The molecular weight excluding hydrogens is 825 g/mol. The lowest BCUT2D eigenvalue weighted by atomic mass is 9.84. The SMILES string of the molecule is Cc1cc(C[n+]2cn[nH]c2CC(CCc2nc(-c3ccc(C#N)cc3)cs2)(OC(=O)C(F)(F)F)c2ccc(F)cc2F)cc(C)c1OC(=O)C(N)CCCN.[Br-]. The predicted molar refractivity (Wildman–Crippen MR) is 190 cm³/mol. The monoisotopic (exact) mass is 861 g/mol. The van der Waals surface area contributed by atoms with Crippen LogP contribution in [-0.2, 0) is 39.3 Å². The summed E-state index contributed by atoms with van der Waals surface area (Å²) in [5.41, 5.74) is 12.2. The zero-order chi connectivity index (χ0) is 39.9. The van der Waals surface area contributed by atoms with Gasteiger partial charge in [-0.1, -0.05) is 12.1 Å². The van der Waals surface area contributed by atoms with Crippen LogP contribution in [0, 0.1) is 36.8 Å². The standard InChI is InChI=1S/C38H36F5N7O4S.BrH/c1-22-14-25(15-23(2)34(22)53-35(51)30(46)4-3-13-44)19-50-21-47-49-32(50)17-37(54-36(52)38(41,42)43,28-10-9-27(39)16-29(28)40)12-11-33-48-31(20-55-33)26-7-5-24(18-45)6-8-26;/h5-10,14-16,20-21,30H,3-4,11-13,17,19,44,46H2,1-2H3;1H. The summed E-state index contributed by atoms with van der Waals surface area (Å²) >= 11 is 1.19. The zero-order valence-electron chi connectivity index (χ0n) is 30.1. The number of esters is 2. The molecule has 0 radical (unpaired) electrons. The van der Waals surface area contributed by atoms with Crippen molar-refractivity contribution in [3.05, 3.63) is 117 Å². The average molecular weight is 863 g/mol. The number of thiazole rings is 1. The van der Waals surface area contributed by atoms with E-state index in [4.69, 9.17) is 26.2 Å². The minimum Gasteiger partial charge on any atom is -1.00 e. The van der Waals surface area contributed by atoms with E-state index in [1.807, 2.05) is 6.07 Å². The van der Waals surface area contributed by atoms with Crippen molar-refractivity contribution in [2.75, 3.05) is 6.54 Å². The number of H-pyrrole nitrogens is 1. The lowest BCUT2D eigenvalue weighted by Gasteiger charge is -2.33. The van der Waals surface area contributed by atoms with Gasteiger partial charge in [0.1, 0.15) is 23.4 Å². The number of nitrogens with zero attached hydrogens (tertiary/aromatic N) is 4. The van der Waals surface area contributed by atoms with Gasteiger partial charge in [0.15, 0.2) is 5.60 Å². The molecule has 0 amide bonds. The molecule has 0 aliphatic heterocycles. The van der Waals surface area contributed by atoms with E-state index >= 15 is 4.39 Å². The summed E-state index contributed by atoms with van der Waals surface area (Å²) in [6, 6.07) is 13.6. The van der Waals surface area contributed by atoms with Crippen LogP contribution in [0.2, 0.25) is 0 Å². The number of carbonyl (C=O) groups is 2. The van der Waals surface area contributed by atoms with Gasteiger partial charge in [-0.3, -0.25) is 0 Å². The van der Waals surface area contributed by atoms with Gasteiger partial charge in [0.2, 0.25) is 5.82 Å². The van der Waals surface area contributed by atoms with Gasteiger partial charge < -0.3 is 37.9 Å². The number of carbonyl (C=O) groups excluding carboxylic acids is 2. The summed E-state index contributed by atoms with van der Waals surface area (Å²) in [5, 5.41) is 18.1. The lowest BCUT2D eigenvalue weighted by Crippen LogP contribution is -3.00. The highest BCUT2D eigenvalue weighted by molar-refractivity contribution is 7.09. The maximum Gasteiger partial charge on any atom is 0.490 e. The summed E-state index contributed by atoms with van der Waals surface area (Å²) in [6.07, 6.45) is -4.20. The van der Waals surface area contributed by atoms with Crippen molar-refractivity contribution in [3.8, 4) is 23.1 Å². The van der Waals surface area contributed by atoms with Crippen molar-refractivity contribution in [2.45, 2.75) is 70.3 Å². The fourth-order valence-corrected chi connectivity index (χ4v) is 6.92. The van der Waals surface area contributed by atoms with Crippen molar-refractivity contribution in [1.29, 1.82) is 5.26 Å². The van der Waals surface area contributed by atoms with Crippen LogP contribution in [0.3, 0.4) is 0 Å². The van der Waals surface area contributed by atoms with Crippen molar-refractivity contribution in [1.82, 2.24) is 15.2 Å². The second-order valence-electron chi connectivity index (χ2n) is 12.9. The number of nitrogens with one attached hydrogen (secondary N) is 1. The molecule has 0 aliphatic carbocycles. The fraction of sp³-hybridized carbons (Fsp3) is 0.316. The number of aromatic amines is 1. The van der Waals surface area contributed by atoms with Crippen molar-refractivity contribution in [2.24, 2.45) is 11.5 Å².